The second-order valence-electron chi connectivity index (χ2n) is 7.84. The van der Waals surface area contributed by atoms with E-state index in [0.717, 1.165) is 16.0 Å². The Bertz CT molecular complexity index is 1330. The number of aryl methyl sites for hydroxylation is 1. The molecule has 1 aliphatic heterocycles. The molecule has 0 aliphatic carbocycles. The van der Waals surface area contributed by atoms with Crippen molar-refractivity contribution in [3.63, 3.8) is 0 Å². The molecule has 8 nitrogen and oxygen atoms in total. The lowest BCUT2D eigenvalue weighted by Gasteiger charge is -2.26. The first-order valence-electron chi connectivity index (χ1n) is 10.7. The van der Waals surface area contributed by atoms with E-state index in [4.69, 9.17) is 4.74 Å². The van der Waals surface area contributed by atoms with Crippen LogP contribution in [0.5, 0.6) is 5.75 Å². The Hall–Kier alpha value is -4.72. The summed E-state index contributed by atoms with van der Waals surface area (Å²) in [5.41, 5.74) is 3.05. The summed E-state index contributed by atoms with van der Waals surface area (Å²) < 4.78 is 10.5. The van der Waals surface area contributed by atoms with E-state index in [2.05, 4.69) is 10.1 Å². The van der Waals surface area contributed by atoms with Gasteiger partial charge in [-0.1, -0.05) is 42.0 Å². The second-order valence-corrected chi connectivity index (χ2v) is 7.84. The standard InChI is InChI=1S/C27H22N2O6/c1-17-4-3-5-19(14-17)16-35-22-12-6-18(7-13-22)15-23-24(30)28-27(33)29(25(23)31)21-10-8-20(9-11-21)26(32)34-2/h3-15H,16H2,1-2H3,(H,28,30,33)/b23-15+. The second kappa shape index (κ2) is 10.0. The molecule has 35 heavy (non-hydrogen) atoms. The molecule has 0 atom stereocenters. The molecule has 8 heteroatoms. The van der Waals surface area contributed by atoms with Crippen LogP contribution in [0, 0.1) is 6.92 Å². The summed E-state index contributed by atoms with van der Waals surface area (Å²) in [6, 6.07) is 19.8. The minimum Gasteiger partial charge on any atom is -0.489 e. The number of amides is 4. The highest BCUT2D eigenvalue weighted by Gasteiger charge is 2.36. The quantitative estimate of drug-likeness (QED) is 0.332. The molecular weight excluding hydrogens is 448 g/mol. The molecule has 0 spiro atoms. The number of ether oxygens (including phenoxy) is 2. The van der Waals surface area contributed by atoms with Crippen LogP contribution in [0.2, 0.25) is 0 Å². The van der Waals surface area contributed by atoms with E-state index in [-0.39, 0.29) is 16.8 Å². The number of hydrogen-bond acceptors (Lipinski definition) is 6. The van der Waals surface area contributed by atoms with Crippen LogP contribution in [0.1, 0.15) is 27.0 Å². The van der Waals surface area contributed by atoms with E-state index in [9.17, 15) is 19.2 Å². The Morgan fingerprint density at radius 2 is 1.69 bits per heavy atom. The van der Waals surface area contributed by atoms with Crippen molar-refractivity contribution in [2.75, 3.05) is 12.0 Å². The summed E-state index contributed by atoms with van der Waals surface area (Å²) in [5, 5.41) is 2.17. The topological polar surface area (TPSA) is 102 Å². The molecule has 1 N–H and O–H groups in total. The summed E-state index contributed by atoms with van der Waals surface area (Å²) in [7, 11) is 1.25. The number of benzene rings is 3. The maximum absolute atomic E-state index is 13.0. The summed E-state index contributed by atoms with van der Waals surface area (Å²) in [4.78, 5) is 50.3. The van der Waals surface area contributed by atoms with Crippen LogP contribution >= 0.6 is 0 Å². The van der Waals surface area contributed by atoms with Crippen LogP contribution in [0.15, 0.2) is 78.4 Å². The van der Waals surface area contributed by atoms with Crippen molar-refractivity contribution >= 4 is 35.6 Å². The molecule has 0 aromatic heterocycles. The van der Waals surface area contributed by atoms with Gasteiger partial charge in [0.1, 0.15) is 17.9 Å². The van der Waals surface area contributed by atoms with E-state index < -0.39 is 23.8 Å². The van der Waals surface area contributed by atoms with E-state index in [1.807, 2.05) is 31.2 Å². The third-order valence-corrected chi connectivity index (χ3v) is 5.33. The number of carbonyl (C=O) groups excluding carboxylic acids is 4. The van der Waals surface area contributed by atoms with Gasteiger partial charge in [0, 0.05) is 0 Å². The van der Waals surface area contributed by atoms with E-state index in [1.165, 1.54) is 37.5 Å². The SMILES string of the molecule is COC(=O)c1ccc(N2C(=O)NC(=O)/C(=C\c3ccc(OCc4cccc(C)c4)cc3)C2=O)cc1. The number of nitrogens with zero attached hydrogens (tertiary/aromatic N) is 1. The van der Waals surface area contributed by atoms with Crippen molar-refractivity contribution in [1.82, 2.24) is 5.32 Å². The molecule has 176 valence electrons. The van der Waals surface area contributed by atoms with Crippen LogP contribution in [0.3, 0.4) is 0 Å². The minimum atomic E-state index is -0.872. The van der Waals surface area contributed by atoms with Crippen LogP contribution in [-0.2, 0) is 20.9 Å². The molecule has 1 aliphatic rings. The minimum absolute atomic E-state index is 0.199. The maximum Gasteiger partial charge on any atom is 0.337 e. The van der Waals surface area contributed by atoms with Crippen molar-refractivity contribution in [2.24, 2.45) is 0 Å². The Kier molecular flexibility index (Phi) is 6.73. The summed E-state index contributed by atoms with van der Waals surface area (Å²) in [6.07, 6.45) is 1.41. The van der Waals surface area contributed by atoms with Crippen LogP contribution < -0.4 is 15.0 Å². The molecule has 1 fully saturated rings. The van der Waals surface area contributed by atoms with Gasteiger partial charge in [-0.05, 0) is 60.5 Å². The lowest BCUT2D eigenvalue weighted by molar-refractivity contribution is -0.122. The first kappa shape index (κ1) is 23.4. The van der Waals surface area contributed by atoms with Crippen molar-refractivity contribution in [2.45, 2.75) is 13.5 Å². The van der Waals surface area contributed by atoms with Crippen molar-refractivity contribution < 1.29 is 28.7 Å². The monoisotopic (exact) mass is 470 g/mol. The number of urea groups is 1. The smallest absolute Gasteiger partial charge is 0.337 e. The van der Waals surface area contributed by atoms with Gasteiger partial charge in [0.05, 0.1) is 18.4 Å². The van der Waals surface area contributed by atoms with Gasteiger partial charge in [0.15, 0.2) is 0 Å². The third-order valence-electron chi connectivity index (χ3n) is 5.33. The third kappa shape index (κ3) is 5.27. The molecule has 4 amide bonds. The van der Waals surface area contributed by atoms with Gasteiger partial charge in [-0.25, -0.2) is 14.5 Å². The molecular formula is C27H22N2O6. The van der Waals surface area contributed by atoms with Gasteiger partial charge < -0.3 is 9.47 Å². The van der Waals surface area contributed by atoms with Crippen LogP contribution in [-0.4, -0.2) is 30.9 Å². The molecule has 0 radical (unpaired) electrons. The Balaban J connectivity index is 1.51. The average Bonchev–Trinajstić information content (AvgIpc) is 2.86. The highest BCUT2D eigenvalue weighted by atomic mass is 16.5. The summed E-state index contributed by atoms with van der Waals surface area (Å²) in [6.45, 7) is 2.43. The number of methoxy groups -OCH3 is 1. The first-order valence-corrected chi connectivity index (χ1v) is 10.7. The van der Waals surface area contributed by atoms with Gasteiger partial charge >= 0.3 is 12.0 Å². The number of barbiturate groups is 1. The summed E-state index contributed by atoms with van der Waals surface area (Å²) in [5.74, 6) is -1.48. The lowest BCUT2D eigenvalue weighted by Crippen LogP contribution is -2.54. The summed E-state index contributed by atoms with van der Waals surface area (Å²) >= 11 is 0. The maximum atomic E-state index is 13.0. The number of esters is 1. The average molecular weight is 470 g/mol. The van der Waals surface area contributed by atoms with E-state index in [0.29, 0.717) is 17.9 Å². The Labute approximate surface area is 201 Å². The molecule has 0 unspecified atom stereocenters. The fourth-order valence-corrected chi connectivity index (χ4v) is 3.55. The number of rotatable bonds is 6. The van der Waals surface area contributed by atoms with Gasteiger partial charge in [-0.15, -0.1) is 0 Å². The van der Waals surface area contributed by atoms with Gasteiger partial charge in [-0.3, -0.25) is 14.9 Å². The Morgan fingerprint density at radius 3 is 2.34 bits per heavy atom. The molecule has 3 aromatic rings. The molecule has 1 saturated heterocycles. The zero-order valence-corrected chi connectivity index (χ0v) is 19.1. The Morgan fingerprint density at radius 1 is 0.971 bits per heavy atom. The normalized spacial score (nSPS) is 14.6. The zero-order chi connectivity index (χ0) is 24.9. The number of imide groups is 2. The number of anilines is 1. The fourth-order valence-electron chi connectivity index (χ4n) is 3.55. The van der Waals surface area contributed by atoms with Crippen molar-refractivity contribution in [3.8, 4) is 5.75 Å². The van der Waals surface area contributed by atoms with Crippen molar-refractivity contribution in [1.29, 1.82) is 0 Å². The first-order chi connectivity index (χ1) is 16.9. The van der Waals surface area contributed by atoms with Crippen LogP contribution in [0.4, 0.5) is 10.5 Å². The predicted molar refractivity (Wildman–Crippen MR) is 129 cm³/mol. The number of carbonyl (C=O) groups is 4. The molecule has 3 aromatic carbocycles. The molecule has 0 saturated carbocycles. The fraction of sp³-hybridized carbons (Fsp3) is 0.111. The van der Waals surface area contributed by atoms with E-state index >= 15 is 0 Å². The highest BCUT2D eigenvalue weighted by Crippen LogP contribution is 2.23. The number of nitrogens with one attached hydrogen (secondary N) is 1. The zero-order valence-electron chi connectivity index (χ0n) is 19.1. The lowest BCUT2D eigenvalue weighted by atomic mass is 10.1. The molecule has 1 heterocycles. The number of hydrogen-bond donors (Lipinski definition) is 1. The highest BCUT2D eigenvalue weighted by molar-refractivity contribution is 6.39. The van der Waals surface area contributed by atoms with Crippen molar-refractivity contribution in [3.05, 3.63) is 101 Å². The van der Waals surface area contributed by atoms with Gasteiger partial charge in [0.25, 0.3) is 11.8 Å². The predicted octanol–water partition coefficient (Wildman–Crippen LogP) is 4.03. The largest absolute Gasteiger partial charge is 0.489 e. The van der Waals surface area contributed by atoms with Gasteiger partial charge in [0.2, 0.25) is 0 Å². The molecule has 4 rings (SSSR count). The van der Waals surface area contributed by atoms with Gasteiger partial charge in [-0.2, -0.15) is 0 Å². The van der Waals surface area contributed by atoms with E-state index in [1.54, 1.807) is 24.3 Å². The van der Waals surface area contributed by atoms with Crippen LogP contribution in [0.25, 0.3) is 6.08 Å². The molecule has 0 bridgehead atoms.